The van der Waals surface area contributed by atoms with Crippen molar-refractivity contribution in [1.82, 2.24) is 9.55 Å². The fraction of sp³-hybridized carbons (Fsp3) is 0.286. The molecule has 1 aliphatic heterocycles. The minimum atomic E-state index is -0.0423. The normalized spacial score (nSPS) is 14.0. The van der Waals surface area contributed by atoms with Crippen LogP contribution in [0.25, 0.3) is 0 Å². The summed E-state index contributed by atoms with van der Waals surface area (Å²) in [5.74, 6) is 1.02. The highest BCUT2D eigenvalue weighted by molar-refractivity contribution is 5.60. The first kappa shape index (κ1) is 11.8. The van der Waals surface area contributed by atoms with E-state index in [1.807, 2.05) is 18.3 Å². The van der Waals surface area contributed by atoms with Gasteiger partial charge in [-0.05, 0) is 17.7 Å². The van der Waals surface area contributed by atoms with Crippen molar-refractivity contribution in [2.45, 2.75) is 19.7 Å². The molecule has 1 aromatic carbocycles. The number of anilines is 1. The summed E-state index contributed by atoms with van der Waals surface area (Å²) in [6.45, 7) is 2.40. The Kier molecular flexibility index (Phi) is 2.94. The number of aromatic nitrogens is 2. The Morgan fingerprint density at radius 1 is 1.37 bits per heavy atom. The summed E-state index contributed by atoms with van der Waals surface area (Å²) in [4.78, 5) is 6.47. The minimum absolute atomic E-state index is 0.0423. The Balaban J connectivity index is 1.94. The maximum Gasteiger partial charge on any atom is 0.128 e. The Bertz CT molecular complexity index is 641. The van der Waals surface area contributed by atoms with Crippen LogP contribution in [-0.4, -0.2) is 21.2 Å². The smallest absolute Gasteiger partial charge is 0.128 e. The number of nitriles is 1. The van der Waals surface area contributed by atoms with Crippen LogP contribution in [0, 0.1) is 11.3 Å². The van der Waals surface area contributed by atoms with Gasteiger partial charge in [0.05, 0.1) is 24.4 Å². The lowest BCUT2D eigenvalue weighted by atomic mass is 10.1. The van der Waals surface area contributed by atoms with E-state index in [9.17, 15) is 5.26 Å². The molecule has 0 amide bonds. The highest BCUT2D eigenvalue weighted by Gasteiger charge is 2.19. The molecule has 0 fully saturated rings. The summed E-state index contributed by atoms with van der Waals surface area (Å²) in [7, 11) is 0. The van der Waals surface area contributed by atoms with E-state index in [4.69, 9.17) is 5.11 Å². The van der Waals surface area contributed by atoms with Gasteiger partial charge in [0.25, 0.3) is 0 Å². The third-order valence-corrected chi connectivity index (χ3v) is 3.45. The van der Waals surface area contributed by atoms with Gasteiger partial charge in [-0.1, -0.05) is 6.07 Å². The molecule has 0 unspecified atom stereocenters. The standard InChI is InChI=1S/C14H14N4O/c15-8-12-7-11(10-19)1-2-13(12)18-6-5-17-4-3-16-14(17)9-18/h1-4,7,19H,5-6,9-10H2. The van der Waals surface area contributed by atoms with Gasteiger partial charge in [0.15, 0.2) is 0 Å². The van der Waals surface area contributed by atoms with Crippen LogP contribution in [0.5, 0.6) is 0 Å². The fourth-order valence-electron chi connectivity index (χ4n) is 2.43. The minimum Gasteiger partial charge on any atom is -0.392 e. The number of nitrogens with zero attached hydrogens (tertiary/aromatic N) is 4. The van der Waals surface area contributed by atoms with Crippen molar-refractivity contribution in [3.63, 3.8) is 0 Å². The van der Waals surface area contributed by atoms with E-state index in [0.717, 1.165) is 30.2 Å². The van der Waals surface area contributed by atoms with Gasteiger partial charge >= 0.3 is 0 Å². The van der Waals surface area contributed by atoms with Crippen LogP contribution in [0.15, 0.2) is 30.6 Å². The molecule has 1 aliphatic rings. The van der Waals surface area contributed by atoms with Gasteiger partial charge in [0.1, 0.15) is 11.9 Å². The second kappa shape index (κ2) is 4.75. The average molecular weight is 254 g/mol. The molecule has 0 spiro atoms. The number of hydrogen-bond acceptors (Lipinski definition) is 4. The molecule has 3 rings (SSSR count). The fourth-order valence-corrected chi connectivity index (χ4v) is 2.43. The van der Waals surface area contributed by atoms with Crippen LogP contribution in [0.1, 0.15) is 17.0 Å². The van der Waals surface area contributed by atoms with Crippen molar-refractivity contribution in [3.05, 3.63) is 47.5 Å². The molecule has 0 saturated carbocycles. The summed E-state index contributed by atoms with van der Waals surface area (Å²) in [6, 6.07) is 7.72. The number of imidazole rings is 1. The summed E-state index contributed by atoms with van der Waals surface area (Å²) in [6.07, 6.45) is 3.78. The maximum absolute atomic E-state index is 9.25. The van der Waals surface area contributed by atoms with Crippen LogP contribution >= 0.6 is 0 Å². The molecule has 2 heterocycles. The molecular weight excluding hydrogens is 240 g/mol. The van der Waals surface area contributed by atoms with Crippen molar-refractivity contribution in [2.75, 3.05) is 11.4 Å². The lowest BCUT2D eigenvalue weighted by molar-refractivity contribution is 0.282. The number of aliphatic hydroxyl groups excluding tert-OH is 1. The predicted molar refractivity (Wildman–Crippen MR) is 70.4 cm³/mol. The molecule has 0 atom stereocenters. The topological polar surface area (TPSA) is 65.1 Å². The number of benzene rings is 1. The predicted octanol–water partition coefficient (Wildman–Crippen LogP) is 1.27. The lowest BCUT2D eigenvalue weighted by Gasteiger charge is -2.30. The van der Waals surface area contributed by atoms with E-state index in [1.54, 1.807) is 12.3 Å². The van der Waals surface area contributed by atoms with E-state index in [0.29, 0.717) is 12.1 Å². The summed E-state index contributed by atoms with van der Waals surface area (Å²) >= 11 is 0. The van der Waals surface area contributed by atoms with Crippen molar-refractivity contribution < 1.29 is 5.11 Å². The van der Waals surface area contributed by atoms with Gasteiger partial charge in [-0.3, -0.25) is 0 Å². The summed E-state index contributed by atoms with van der Waals surface area (Å²) < 4.78 is 2.13. The van der Waals surface area contributed by atoms with Gasteiger partial charge in [-0.15, -0.1) is 0 Å². The number of rotatable bonds is 2. The number of fused-ring (bicyclic) bond motifs is 1. The molecular formula is C14H14N4O. The molecule has 5 nitrogen and oxygen atoms in total. The van der Waals surface area contributed by atoms with Gasteiger partial charge in [0, 0.05) is 25.5 Å². The van der Waals surface area contributed by atoms with Gasteiger partial charge < -0.3 is 14.6 Å². The third-order valence-electron chi connectivity index (χ3n) is 3.45. The molecule has 96 valence electrons. The van der Waals surface area contributed by atoms with E-state index in [1.165, 1.54) is 0 Å². The van der Waals surface area contributed by atoms with Crippen molar-refractivity contribution in [3.8, 4) is 6.07 Å². The zero-order chi connectivity index (χ0) is 13.2. The second-order valence-corrected chi connectivity index (χ2v) is 4.58. The Morgan fingerprint density at radius 2 is 2.26 bits per heavy atom. The Labute approximate surface area is 111 Å². The van der Waals surface area contributed by atoms with E-state index in [-0.39, 0.29) is 6.61 Å². The lowest BCUT2D eigenvalue weighted by Crippen LogP contribution is -2.34. The van der Waals surface area contributed by atoms with Crippen LogP contribution in [0.3, 0.4) is 0 Å². The molecule has 0 bridgehead atoms. The Morgan fingerprint density at radius 3 is 3.05 bits per heavy atom. The van der Waals surface area contributed by atoms with Crippen molar-refractivity contribution in [1.29, 1.82) is 5.26 Å². The first-order valence-corrected chi connectivity index (χ1v) is 6.20. The Hall–Kier alpha value is -2.32. The van der Waals surface area contributed by atoms with Crippen LogP contribution in [0.4, 0.5) is 5.69 Å². The average Bonchev–Trinajstić information content (AvgIpc) is 2.93. The molecule has 1 N–H and O–H groups in total. The molecule has 2 aromatic rings. The SMILES string of the molecule is N#Cc1cc(CO)ccc1N1CCn2ccnc2C1. The molecule has 0 saturated heterocycles. The summed E-state index contributed by atoms with van der Waals surface area (Å²) in [5, 5.41) is 18.4. The number of hydrogen-bond donors (Lipinski definition) is 1. The molecule has 0 aliphatic carbocycles. The highest BCUT2D eigenvalue weighted by Crippen LogP contribution is 2.25. The van der Waals surface area contributed by atoms with Crippen molar-refractivity contribution >= 4 is 5.69 Å². The quantitative estimate of drug-likeness (QED) is 0.876. The van der Waals surface area contributed by atoms with E-state index < -0.39 is 0 Å². The number of aliphatic hydroxyl groups is 1. The molecule has 19 heavy (non-hydrogen) atoms. The second-order valence-electron chi connectivity index (χ2n) is 4.58. The van der Waals surface area contributed by atoms with Crippen LogP contribution in [0.2, 0.25) is 0 Å². The third kappa shape index (κ3) is 2.07. The van der Waals surface area contributed by atoms with Crippen LogP contribution < -0.4 is 4.90 Å². The van der Waals surface area contributed by atoms with Gasteiger partial charge in [0.2, 0.25) is 0 Å². The largest absolute Gasteiger partial charge is 0.392 e. The van der Waals surface area contributed by atoms with Gasteiger partial charge in [-0.2, -0.15) is 5.26 Å². The first-order valence-electron chi connectivity index (χ1n) is 6.20. The van der Waals surface area contributed by atoms with E-state index >= 15 is 0 Å². The molecule has 1 aromatic heterocycles. The molecule has 0 radical (unpaired) electrons. The van der Waals surface area contributed by atoms with Crippen LogP contribution in [-0.2, 0) is 19.7 Å². The van der Waals surface area contributed by atoms with E-state index in [2.05, 4.69) is 20.5 Å². The highest BCUT2D eigenvalue weighted by atomic mass is 16.3. The van der Waals surface area contributed by atoms with Gasteiger partial charge in [-0.25, -0.2) is 4.98 Å². The summed E-state index contributed by atoms with van der Waals surface area (Å²) in [5.41, 5.74) is 2.28. The molecule has 5 heteroatoms. The monoisotopic (exact) mass is 254 g/mol. The van der Waals surface area contributed by atoms with Crippen molar-refractivity contribution in [2.24, 2.45) is 0 Å². The maximum atomic E-state index is 9.25. The zero-order valence-corrected chi connectivity index (χ0v) is 10.5. The zero-order valence-electron chi connectivity index (χ0n) is 10.5. The first-order chi connectivity index (χ1) is 9.31.